The first-order valence-corrected chi connectivity index (χ1v) is 6.32. The molecular formula is C14H12F3NO4. The summed E-state index contributed by atoms with van der Waals surface area (Å²) >= 11 is 0. The number of ether oxygens (including phenoxy) is 1. The molecule has 0 radical (unpaired) electrons. The van der Waals surface area contributed by atoms with Gasteiger partial charge in [-0.15, -0.1) is 4.48 Å². The fourth-order valence-corrected chi connectivity index (χ4v) is 1.80. The third kappa shape index (κ3) is 3.05. The van der Waals surface area contributed by atoms with Crippen LogP contribution in [0.1, 0.15) is 23.2 Å². The van der Waals surface area contributed by atoms with Gasteiger partial charge in [0, 0.05) is 0 Å². The summed E-state index contributed by atoms with van der Waals surface area (Å²) in [5.41, 5.74) is -1.67. The number of halogens is 3. The number of carboxylic acid groups (broad SMARTS) is 1. The van der Waals surface area contributed by atoms with Crippen LogP contribution in [0.4, 0.5) is 13.3 Å². The summed E-state index contributed by atoms with van der Waals surface area (Å²) in [6.45, 7) is 0. The predicted molar refractivity (Wildman–Crippen MR) is 68.9 cm³/mol. The Labute approximate surface area is 123 Å². The van der Waals surface area contributed by atoms with E-state index in [4.69, 9.17) is 5.11 Å². The lowest BCUT2D eigenvalue weighted by Gasteiger charge is -2.10. The van der Waals surface area contributed by atoms with Gasteiger partial charge in [-0.2, -0.15) is 0 Å². The minimum absolute atomic E-state index is 0.111. The van der Waals surface area contributed by atoms with Crippen LogP contribution in [-0.4, -0.2) is 35.1 Å². The number of nitrogens with zero attached hydrogens (tertiary/aromatic N) is 1. The number of Topliss-reactive ketones (excluding diaryl/α,β-unsaturated/α-hetero) is 1. The highest BCUT2D eigenvalue weighted by Crippen LogP contribution is 2.29. The second kappa shape index (κ2) is 6.08. The molecule has 0 atom stereocenters. The molecule has 0 unspecified atom stereocenters. The zero-order valence-corrected chi connectivity index (χ0v) is 11.5. The highest BCUT2D eigenvalue weighted by Gasteiger charge is 2.31. The lowest BCUT2D eigenvalue weighted by molar-refractivity contribution is -0.132. The predicted octanol–water partition coefficient (Wildman–Crippen LogP) is 2.47. The van der Waals surface area contributed by atoms with Crippen molar-refractivity contribution in [2.45, 2.75) is 18.9 Å². The van der Waals surface area contributed by atoms with Gasteiger partial charge in [0.2, 0.25) is 5.78 Å². The molecule has 1 fully saturated rings. The average Bonchev–Trinajstić information content (AvgIpc) is 3.28. The Morgan fingerprint density at radius 2 is 2.00 bits per heavy atom. The van der Waals surface area contributed by atoms with E-state index < -0.39 is 46.3 Å². The summed E-state index contributed by atoms with van der Waals surface area (Å²) in [4.78, 5) is 23.2. The van der Waals surface area contributed by atoms with Crippen LogP contribution < -0.4 is 4.74 Å². The van der Waals surface area contributed by atoms with Crippen molar-refractivity contribution in [3.8, 4) is 5.75 Å². The van der Waals surface area contributed by atoms with E-state index in [1.54, 1.807) is 0 Å². The number of aliphatic carboxylic acids is 1. The van der Waals surface area contributed by atoms with Crippen LogP contribution in [0.15, 0.2) is 23.9 Å². The molecule has 1 saturated carbocycles. The second-order valence-electron chi connectivity index (χ2n) is 4.69. The third-order valence-corrected chi connectivity index (χ3v) is 3.12. The van der Waals surface area contributed by atoms with Gasteiger partial charge in [-0.1, -0.05) is 0 Å². The van der Waals surface area contributed by atoms with Crippen LogP contribution in [0, 0.1) is 11.6 Å². The molecule has 1 aliphatic carbocycles. The molecule has 0 saturated heterocycles. The number of carbonyl (C=O) groups is 2. The van der Waals surface area contributed by atoms with Gasteiger partial charge in [-0.05, 0) is 25.0 Å². The summed E-state index contributed by atoms with van der Waals surface area (Å²) in [7, 11) is 1.00. The molecule has 0 bridgehead atoms. The van der Waals surface area contributed by atoms with Gasteiger partial charge >= 0.3 is 5.97 Å². The molecule has 0 spiro atoms. The highest BCUT2D eigenvalue weighted by atomic mass is 19.2. The van der Waals surface area contributed by atoms with Crippen LogP contribution in [0.2, 0.25) is 0 Å². The molecule has 1 N–H and O–H groups in total. The first-order chi connectivity index (χ1) is 10.4. The number of carbonyl (C=O) groups excluding carboxylic acids is 1. The van der Waals surface area contributed by atoms with Crippen molar-refractivity contribution in [2.75, 3.05) is 7.11 Å². The van der Waals surface area contributed by atoms with E-state index in [9.17, 15) is 22.9 Å². The molecule has 8 heteroatoms. The van der Waals surface area contributed by atoms with Gasteiger partial charge in [0.05, 0.1) is 24.9 Å². The van der Waals surface area contributed by atoms with Crippen molar-refractivity contribution in [1.82, 2.24) is 5.12 Å². The van der Waals surface area contributed by atoms with Gasteiger partial charge < -0.3 is 9.84 Å². The summed E-state index contributed by atoms with van der Waals surface area (Å²) in [5.74, 6) is -6.17. The van der Waals surface area contributed by atoms with Crippen LogP contribution in [0.5, 0.6) is 5.75 Å². The number of hydrogen-bond acceptors (Lipinski definition) is 4. The van der Waals surface area contributed by atoms with E-state index in [0.29, 0.717) is 19.0 Å². The molecule has 1 aromatic rings. The first kappa shape index (κ1) is 15.9. The Hall–Kier alpha value is -2.51. The van der Waals surface area contributed by atoms with Gasteiger partial charge in [-0.3, -0.25) is 4.79 Å². The molecule has 0 amide bonds. The van der Waals surface area contributed by atoms with E-state index >= 15 is 0 Å². The Bertz CT molecular complexity index is 656. The monoisotopic (exact) mass is 315 g/mol. The summed E-state index contributed by atoms with van der Waals surface area (Å²) < 4.78 is 45.3. The fraction of sp³-hybridized carbons (Fsp3) is 0.286. The molecule has 118 valence electrons. The largest absolute Gasteiger partial charge is 0.491 e. The fourth-order valence-electron chi connectivity index (χ4n) is 1.80. The lowest BCUT2D eigenvalue weighted by atomic mass is 10.0. The minimum atomic E-state index is -1.71. The van der Waals surface area contributed by atoms with Gasteiger partial charge in [0.25, 0.3) is 0 Å². The second-order valence-corrected chi connectivity index (χ2v) is 4.69. The van der Waals surface area contributed by atoms with Crippen LogP contribution in [0.25, 0.3) is 0 Å². The molecule has 22 heavy (non-hydrogen) atoms. The van der Waals surface area contributed by atoms with Gasteiger partial charge in [0.15, 0.2) is 17.4 Å². The number of ketones is 1. The molecule has 5 nitrogen and oxygen atoms in total. The van der Waals surface area contributed by atoms with E-state index in [-0.39, 0.29) is 5.12 Å². The number of hydrogen-bond donors (Lipinski definition) is 1. The average molecular weight is 315 g/mol. The summed E-state index contributed by atoms with van der Waals surface area (Å²) in [6.07, 6.45) is 1.58. The van der Waals surface area contributed by atoms with E-state index in [1.165, 1.54) is 0 Å². The molecule has 1 aromatic carbocycles. The quantitative estimate of drug-likeness (QED) is 0.287. The van der Waals surface area contributed by atoms with Crippen molar-refractivity contribution < 1.29 is 32.7 Å². The van der Waals surface area contributed by atoms with Crippen molar-refractivity contribution in [2.24, 2.45) is 0 Å². The topological polar surface area (TPSA) is 66.8 Å². The zero-order valence-electron chi connectivity index (χ0n) is 11.5. The van der Waals surface area contributed by atoms with Gasteiger partial charge in [0.1, 0.15) is 5.57 Å². The molecule has 0 heterocycles. The van der Waals surface area contributed by atoms with Crippen molar-refractivity contribution in [3.05, 3.63) is 41.1 Å². The maximum Gasteiger partial charge on any atom is 0.341 e. The van der Waals surface area contributed by atoms with Crippen LogP contribution in [-0.2, 0) is 4.79 Å². The van der Waals surface area contributed by atoms with E-state index in [2.05, 4.69) is 4.74 Å². The zero-order chi connectivity index (χ0) is 16.4. The van der Waals surface area contributed by atoms with Crippen molar-refractivity contribution >= 4 is 11.8 Å². The Morgan fingerprint density at radius 1 is 1.36 bits per heavy atom. The normalized spacial score (nSPS) is 14.6. The smallest absolute Gasteiger partial charge is 0.341 e. The number of carboxylic acids is 1. The molecular weight excluding hydrogens is 303 g/mol. The molecule has 2 rings (SSSR count). The third-order valence-electron chi connectivity index (χ3n) is 3.12. The Balaban J connectivity index is 2.41. The van der Waals surface area contributed by atoms with Crippen molar-refractivity contribution in [1.29, 1.82) is 0 Å². The number of methoxy groups -OCH3 is 1. The van der Waals surface area contributed by atoms with Crippen molar-refractivity contribution in [3.63, 3.8) is 0 Å². The number of rotatable bonds is 6. The summed E-state index contributed by atoms with van der Waals surface area (Å²) in [6, 6.07) is 1.07. The molecule has 1 aliphatic rings. The Morgan fingerprint density at radius 3 is 2.50 bits per heavy atom. The Kier molecular flexibility index (Phi) is 4.39. The maximum atomic E-state index is 14.0. The van der Waals surface area contributed by atoms with E-state index in [1.807, 2.05) is 0 Å². The molecule has 0 aromatic heterocycles. The van der Waals surface area contributed by atoms with Gasteiger partial charge in [-0.25, -0.2) is 18.7 Å². The summed E-state index contributed by atoms with van der Waals surface area (Å²) in [5, 5.41) is 9.13. The number of benzene rings is 1. The molecule has 0 aliphatic heterocycles. The minimum Gasteiger partial charge on any atom is -0.491 e. The van der Waals surface area contributed by atoms with Crippen LogP contribution >= 0.6 is 0 Å². The van der Waals surface area contributed by atoms with E-state index in [0.717, 1.165) is 19.2 Å². The highest BCUT2D eigenvalue weighted by molar-refractivity contribution is 6.23. The first-order valence-electron chi connectivity index (χ1n) is 6.32. The van der Waals surface area contributed by atoms with Crippen LogP contribution in [0.3, 0.4) is 0 Å². The standard InChI is InChI=1S/C14H12F3NO4/c1-22-13-10(15)5-4-8(11(13)16)12(19)9(14(20)21)6-18(17)7-2-3-7/h4-7H,2-3H2,1H3,(H,20,21)/b9-6-. The maximum absolute atomic E-state index is 14.0. The lowest BCUT2D eigenvalue weighted by Crippen LogP contribution is -2.19. The SMILES string of the molecule is COc1c(F)ccc(C(=O)/C(=C/N(F)C2CC2)C(=O)O)c1F.